The van der Waals surface area contributed by atoms with Crippen LogP contribution in [-0.2, 0) is 14.3 Å². The Morgan fingerprint density at radius 1 is 0.492 bits per heavy atom. The van der Waals surface area contributed by atoms with Crippen LogP contribution in [0, 0.1) is 0 Å². The molecule has 0 fully saturated rings. The molecule has 0 aromatic rings. The predicted octanol–water partition coefficient (Wildman–Crippen LogP) is 14.9. The first-order valence-electron chi connectivity index (χ1n) is 25.1. The molecule has 0 aromatic carbocycles. The average Bonchev–Trinajstić information content (AvgIpc) is 3.25. The van der Waals surface area contributed by atoms with Crippen molar-refractivity contribution in [3.05, 3.63) is 97.2 Å². The van der Waals surface area contributed by atoms with E-state index in [9.17, 15) is 19.8 Å². The van der Waals surface area contributed by atoms with Gasteiger partial charge < -0.3 is 20.3 Å². The molecule has 3 N–H and O–H groups in total. The lowest BCUT2D eigenvalue weighted by Gasteiger charge is -2.24. The number of hydrogen-bond donors (Lipinski definition) is 3. The lowest BCUT2D eigenvalue weighted by atomic mass is 10.0. The van der Waals surface area contributed by atoms with E-state index in [1.165, 1.54) is 83.5 Å². The summed E-state index contributed by atoms with van der Waals surface area (Å²) in [4.78, 5) is 26.1. The minimum absolute atomic E-state index is 0.0318. The summed E-state index contributed by atoms with van der Waals surface area (Å²) in [6, 6.07) is -0.727. The number of unbranched alkanes of at least 4 members (excludes halogenated alkanes) is 21. The minimum Gasteiger partial charge on any atom is -0.462 e. The minimum atomic E-state index is -0.809. The fourth-order valence-corrected chi connectivity index (χ4v) is 7.04. The van der Waals surface area contributed by atoms with Crippen LogP contribution in [0.25, 0.3) is 0 Å². The van der Waals surface area contributed by atoms with Gasteiger partial charge in [0.05, 0.1) is 25.2 Å². The van der Waals surface area contributed by atoms with Gasteiger partial charge in [-0.05, 0) is 70.6 Å². The summed E-state index contributed by atoms with van der Waals surface area (Å²) in [5, 5.41) is 23.7. The van der Waals surface area contributed by atoms with Gasteiger partial charge in [-0.2, -0.15) is 0 Å². The maximum Gasteiger partial charge on any atom is 0.306 e. The largest absolute Gasteiger partial charge is 0.462 e. The van der Waals surface area contributed by atoms with Crippen LogP contribution in [0.1, 0.15) is 213 Å². The summed E-state index contributed by atoms with van der Waals surface area (Å²) in [5.41, 5.74) is 0. The van der Waals surface area contributed by atoms with Gasteiger partial charge >= 0.3 is 5.97 Å². The third kappa shape index (κ3) is 43.2. The predicted molar refractivity (Wildman–Crippen MR) is 264 cm³/mol. The van der Waals surface area contributed by atoms with Crippen molar-refractivity contribution >= 4 is 11.9 Å². The van der Waals surface area contributed by atoms with Gasteiger partial charge in [-0.25, -0.2) is 0 Å². The second kappa shape index (κ2) is 47.8. The molecule has 3 unspecified atom stereocenters. The van der Waals surface area contributed by atoms with Gasteiger partial charge in [0.2, 0.25) is 5.91 Å². The number of hydrogen-bond acceptors (Lipinski definition) is 5. The van der Waals surface area contributed by atoms with Gasteiger partial charge in [0.25, 0.3) is 0 Å². The molecule has 0 saturated heterocycles. The number of ether oxygens (including phenoxy) is 1. The van der Waals surface area contributed by atoms with E-state index in [4.69, 9.17) is 4.74 Å². The number of carbonyl (C=O) groups is 2. The monoisotopic (exact) mass is 848 g/mol. The van der Waals surface area contributed by atoms with Crippen LogP contribution < -0.4 is 5.32 Å². The fraction of sp³-hybridized carbons (Fsp3) is 0.673. The molecular weight excluding hydrogens is 755 g/mol. The molecule has 6 heteroatoms. The first-order chi connectivity index (χ1) is 30.0. The van der Waals surface area contributed by atoms with E-state index in [1.54, 1.807) is 0 Å². The van der Waals surface area contributed by atoms with Crippen molar-refractivity contribution in [3.63, 3.8) is 0 Å². The Hall–Kier alpha value is -3.22. The van der Waals surface area contributed by atoms with Gasteiger partial charge in [-0.15, -0.1) is 0 Å². The first-order valence-corrected chi connectivity index (χ1v) is 25.1. The second-order valence-corrected chi connectivity index (χ2v) is 16.7. The van der Waals surface area contributed by atoms with Gasteiger partial charge in [0, 0.05) is 6.42 Å². The van der Waals surface area contributed by atoms with Crippen molar-refractivity contribution < 1.29 is 24.5 Å². The topological polar surface area (TPSA) is 95.9 Å². The third-order valence-electron chi connectivity index (χ3n) is 10.8. The van der Waals surface area contributed by atoms with Crippen LogP contribution in [0.5, 0.6) is 0 Å². The maximum atomic E-state index is 13.2. The number of amides is 1. The van der Waals surface area contributed by atoms with Crippen LogP contribution in [0.15, 0.2) is 97.2 Å². The molecule has 0 saturated carbocycles. The number of carbonyl (C=O) groups excluding carboxylic acids is 2. The molecule has 0 bridgehead atoms. The molecule has 61 heavy (non-hydrogen) atoms. The van der Waals surface area contributed by atoms with E-state index < -0.39 is 18.2 Å². The van der Waals surface area contributed by atoms with Crippen LogP contribution in [0.2, 0.25) is 0 Å². The Morgan fingerprint density at radius 2 is 0.885 bits per heavy atom. The molecule has 0 aliphatic heterocycles. The second-order valence-electron chi connectivity index (χ2n) is 16.7. The lowest BCUT2D eigenvalue weighted by Crippen LogP contribution is -2.46. The van der Waals surface area contributed by atoms with E-state index in [0.29, 0.717) is 19.3 Å². The number of rotatable bonds is 43. The number of nitrogens with one attached hydrogen (secondary N) is 1. The van der Waals surface area contributed by atoms with Crippen LogP contribution in [0.4, 0.5) is 0 Å². The van der Waals surface area contributed by atoms with Gasteiger partial charge in [-0.3, -0.25) is 9.59 Å². The summed E-state index contributed by atoms with van der Waals surface area (Å²) in [5.74, 6) is -0.565. The number of aliphatic hydroxyl groups is 2. The Balaban J connectivity index is 4.78. The molecule has 0 spiro atoms. The highest BCUT2D eigenvalue weighted by atomic mass is 16.5. The lowest BCUT2D eigenvalue weighted by molar-refractivity contribution is -0.151. The van der Waals surface area contributed by atoms with Crippen molar-refractivity contribution in [1.29, 1.82) is 0 Å². The Kier molecular flexibility index (Phi) is 45.3. The highest BCUT2D eigenvalue weighted by Gasteiger charge is 2.24. The van der Waals surface area contributed by atoms with E-state index in [0.717, 1.165) is 83.5 Å². The SMILES string of the molecule is CC/C=C/C=C/C=C\C=C/C=C/CCCCCC(=O)OC(CCCCC/C=C/C=C/C=C/CCCCCCC)CC(=O)NC(CO)C(O)CCCCCCCCCCCCC. The molecule has 0 radical (unpaired) electrons. The molecule has 348 valence electrons. The van der Waals surface area contributed by atoms with Crippen molar-refractivity contribution in [2.45, 2.75) is 232 Å². The number of esters is 1. The molecule has 0 aromatic heterocycles. The third-order valence-corrected chi connectivity index (χ3v) is 10.8. The molecule has 1 amide bonds. The summed E-state index contributed by atoms with van der Waals surface area (Å²) in [6.45, 7) is 6.28. The van der Waals surface area contributed by atoms with E-state index >= 15 is 0 Å². The Labute approximate surface area is 376 Å². The van der Waals surface area contributed by atoms with Crippen molar-refractivity contribution in [1.82, 2.24) is 5.32 Å². The average molecular weight is 848 g/mol. The molecule has 0 heterocycles. The highest BCUT2D eigenvalue weighted by molar-refractivity contribution is 5.77. The summed E-state index contributed by atoms with van der Waals surface area (Å²) >= 11 is 0. The van der Waals surface area contributed by atoms with E-state index in [-0.39, 0.29) is 24.9 Å². The van der Waals surface area contributed by atoms with Crippen LogP contribution >= 0.6 is 0 Å². The normalized spacial score (nSPS) is 14.1. The molecule has 0 rings (SSSR count). The van der Waals surface area contributed by atoms with E-state index in [2.05, 4.69) is 80.8 Å². The molecule has 0 aliphatic carbocycles. The molecule has 0 aliphatic rings. The highest BCUT2D eigenvalue weighted by Crippen LogP contribution is 2.17. The van der Waals surface area contributed by atoms with Crippen molar-refractivity contribution in [2.75, 3.05) is 6.61 Å². The van der Waals surface area contributed by atoms with Crippen LogP contribution in [-0.4, -0.2) is 46.9 Å². The number of aliphatic hydroxyl groups excluding tert-OH is 2. The smallest absolute Gasteiger partial charge is 0.306 e. The van der Waals surface area contributed by atoms with E-state index in [1.807, 2.05) is 42.5 Å². The summed E-state index contributed by atoms with van der Waals surface area (Å²) in [7, 11) is 0. The van der Waals surface area contributed by atoms with Crippen molar-refractivity contribution in [3.8, 4) is 0 Å². The fourth-order valence-electron chi connectivity index (χ4n) is 7.04. The standard InChI is InChI=1S/C55H93NO5/c1-4-7-10-13-16-19-22-24-26-28-29-32-34-37-40-43-46-51(61-55(60)48-45-42-39-36-33-30-27-25-23-20-17-14-11-8-5-2)49-54(59)56-52(50-57)53(58)47-44-41-38-35-31-21-18-15-12-9-6-3/h8,11,14,17,20,22-30,32-33,51-53,57-58H,4-7,9-10,12-13,15-16,18-19,21,31,34-50H2,1-3H3,(H,56,59)/b11-8+,17-14+,23-20-,24-22+,27-25-,28-26+,32-29+,33-30+. The number of allylic oxidation sites excluding steroid dienone is 16. The first kappa shape index (κ1) is 57.8. The Morgan fingerprint density at radius 3 is 1.36 bits per heavy atom. The van der Waals surface area contributed by atoms with Gasteiger partial charge in [-0.1, -0.05) is 227 Å². The van der Waals surface area contributed by atoms with Gasteiger partial charge in [0.15, 0.2) is 0 Å². The molecule has 6 nitrogen and oxygen atoms in total. The molecule has 3 atom stereocenters. The Bertz CT molecular complexity index is 1220. The zero-order valence-corrected chi connectivity index (χ0v) is 39.5. The quantitative estimate of drug-likeness (QED) is 0.0323. The maximum absolute atomic E-state index is 13.2. The zero-order valence-electron chi connectivity index (χ0n) is 39.5. The summed E-state index contributed by atoms with van der Waals surface area (Å²) in [6.07, 6.45) is 63.2. The van der Waals surface area contributed by atoms with Gasteiger partial charge in [0.1, 0.15) is 6.10 Å². The molecular formula is C55H93NO5. The zero-order chi connectivity index (χ0) is 44.5. The van der Waals surface area contributed by atoms with Crippen LogP contribution in [0.3, 0.4) is 0 Å². The summed E-state index contributed by atoms with van der Waals surface area (Å²) < 4.78 is 5.89. The van der Waals surface area contributed by atoms with Crippen molar-refractivity contribution in [2.24, 2.45) is 0 Å².